The molecule has 0 N–H and O–H groups in total. The van der Waals surface area contributed by atoms with Crippen LogP contribution in [0.4, 0.5) is 0 Å². The first kappa shape index (κ1) is 56.2. The molecule has 0 radical (unpaired) electrons. The van der Waals surface area contributed by atoms with E-state index in [1.54, 1.807) is 16.7 Å². The van der Waals surface area contributed by atoms with Gasteiger partial charge >= 0.3 is 0 Å². The molecule has 8 heterocycles. The van der Waals surface area contributed by atoms with Crippen LogP contribution in [0.1, 0.15) is 112 Å². The molecule has 89 heavy (non-hydrogen) atoms. The summed E-state index contributed by atoms with van der Waals surface area (Å²) >= 11 is 0. The van der Waals surface area contributed by atoms with Crippen molar-refractivity contribution in [3.05, 3.63) is 284 Å². The number of fused-ring (bicyclic) bond motifs is 17. The molecule has 13 aromatic rings. The maximum Gasteiger partial charge on any atom is 0.217 e. The summed E-state index contributed by atoms with van der Waals surface area (Å²) in [5.41, 5.74) is 39.6. The first-order valence-electron chi connectivity index (χ1n) is 32.5. The zero-order valence-electron chi connectivity index (χ0n) is 53.5. The Morgan fingerprint density at radius 3 is 1.53 bits per heavy atom. The van der Waals surface area contributed by atoms with E-state index in [9.17, 15) is 0 Å². The van der Waals surface area contributed by atoms with Crippen LogP contribution < -0.4 is 18.3 Å². The minimum atomic E-state index is 0.564. The molecule has 0 saturated heterocycles. The summed E-state index contributed by atoms with van der Waals surface area (Å²) in [6.07, 6.45) is 3.52. The molecule has 4 aromatic heterocycles. The van der Waals surface area contributed by atoms with Gasteiger partial charge in [0.1, 0.15) is 0 Å². The molecule has 0 amide bonds. The standard InChI is InChI=1S/C24H20N.C21H22N.C20H18N.C20H20N/c1-16-12-17(2)22-15-25-23(21(22)13-16)11-10-19-8-9-20(14-24(19)25)18-6-4-3-5-7-18;1-13(2)17-6-5-16-7-8-20-18-10-14(3)9-15(4)19(18)12-22(20)21(16)11-17;1-12-9-13(2)17-11-21-18-6-4-3-5-14(18)10-15-7-8-16(12)19(17)20(15)21;1-14(2)11-15-7-8-17-13-21-19-6-4-3-5-16(19)9-10-20(21)18(17)12-15/h3-14H,15H2,1-2H3;5-11,13H,12H2,1-4H3;3-6,9-10H,7-8,11H2,1-2H3;3-10,12,14H,11,13H2,1-2H3/q4*+1. The molecular formula is C85H80N4+4. The Kier molecular flexibility index (Phi) is 14.1. The van der Waals surface area contributed by atoms with Crippen molar-refractivity contribution in [3.8, 4) is 56.2 Å². The summed E-state index contributed by atoms with van der Waals surface area (Å²) in [6.45, 7) is 26.5. The average molecular weight is 1160 g/mol. The SMILES string of the molecule is CC(C)Cc1ccc2c(c1)-c1ccc3ccccc3[n+]1C2.Cc1cc(C)c2c(c1)-c1ccc3ccc(-c4ccccc4)cc3[n+]1C2.Cc1cc(C)c2c(c1)-c1ccc3ccc(C(C)C)cc3[n+]1C2.Cc1cc(C)c2c3c1CCc1cc4ccccc4[n+](c1-3)C2. The molecule has 4 aliphatic heterocycles. The Morgan fingerprint density at radius 2 is 0.876 bits per heavy atom. The second kappa shape index (κ2) is 22.3. The molecule has 4 heteroatoms. The molecule has 0 saturated carbocycles. The molecule has 0 unspecified atom stereocenters. The largest absolute Gasteiger partial charge is 0.217 e. The molecule has 0 atom stereocenters. The van der Waals surface area contributed by atoms with Crippen LogP contribution in [0.2, 0.25) is 0 Å². The maximum absolute atomic E-state index is 2.55. The highest BCUT2D eigenvalue weighted by atomic mass is 15.0. The van der Waals surface area contributed by atoms with Crippen LogP contribution in [-0.2, 0) is 45.4 Å². The third-order valence-corrected chi connectivity index (χ3v) is 20.0. The Morgan fingerprint density at radius 1 is 0.348 bits per heavy atom. The van der Waals surface area contributed by atoms with Gasteiger partial charge in [0.2, 0.25) is 44.8 Å². The molecule has 9 aromatic carbocycles. The van der Waals surface area contributed by atoms with Crippen molar-refractivity contribution in [1.82, 2.24) is 0 Å². The third-order valence-electron chi connectivity index (χ3n) is 20.0. The van der Waals surface area contributed by atoms with E-state index in [1.165, 1.54) is 174 Å². The average Bonchev–Trinajstić information content (AvgIpc) is 1.66. The van der Waals surface area contributed by atoms with E-state index in [2.05, 4.69) is 294 Å². The number of para-hydroxylation sites is 2. The number of hydrogen-bond donors (Lipinski definition) is 0. The normalized spacial score (nSPS) is 13.0. The number of nitrogens with zero attached hydrogens (tertiary/aromatic N) is 4. The van der Waals surface area contributed by atoms with Crippen molar-refractivity contribution >= 4 is 43.6 Å². The van der Waals surface area contributed by atoms with Gasteiger partial charge in [-0.15, -0.1) is 0 Å². The predicted octanol–water partition coefficient (Wildman–Crippen LogP) is 18.6. The van der Waals surface area contributed by atoms with Gasteiger partial charge in [-0.05, 0) is 201 Å². The molecule has 0 spiro atoms. The molecule has 436 valence electrons. The highest BCUT2D eigenvalue weighted by Gasteiger charge is 2.38. The van der Waals surface area contributed by atoms with Gasteiger partial charge in [-0.2, -0.15) is 18.3 Å². The second-order valence-electron chi connectivity index (χ2n) is 26.9. The van der Waals surface area contributed by atoms with Crippen LogP contribution in [0.3, 0.4) is 0 Å². The molecule has 18 rings (SSSR count). The number of pyridine rings is 4. The number of rotatable bonds is 4. The first-order valence-corrected chi connectivity index (χ1v) is 32.5. The monoisotopic (exact) mass is 1160 g/mol. The van der Waals surface area contributed by atoms with Crippen LogP contribution in [0.15, 0.2) is 206 Å². The fourth-order valence-corrected chi connectivity index (χ4v) is 15.6. The number of hydrogen-bond acceptors (Lipinski definition) is 0. The van der Waals surface area contributed by atoms with Crippen LogP contribution in [0, 0.1) is 47.5 Å². The van der Waals surface area contributed by atoms with Gasteiger partial charge in [0, 0.05) is 91.8 Å². The van der Waals surface area contributed by atoms with Crippen molar-refractivity contribution in [2.24, 2.45) is 5.92 Å². The Labute approximate surface area is 525 Å². The van der Waals surface area contributed by atoms with E-state index < -0.39 is 0 Å². The Hall–Kier alpha value is -9.38. The predicted molar refractivity (Wildman–Crippen MR) is 369 cm³/mol. The fraction of sp³-hybridized carbons (Fsp3) is 0.224. The summed E-state index contributed by atoms with van der Waals surface area (Å²) in [7, 11) is 0. The van der Waals surface area contributed by atoms with E-state index >= 15 is 0 Å². The Bertz CT molecular complexity index is 5060. The minimum Gasteiger partial charge on any atom is -0.187 e. The van der Waals surface area contributed by atoms with E-state index in [0.29, 0.717) is 11.8 Å². The second-order valence-corrected chi connectivity index (χ2v) is 26.9. The lowest BCUT2D eigenvalue weighted by Crippen LogP contribution is -2.35. The lowest BCUT2D eigenvalue weighted by Gasteiger charge is -2.18. The number of aryl methyl sites for hydroxylation is 7. The lowest BCUT2D eigenvalue weighted by molar-refractivity contribution is -0.646. The summed E-state index contributed by atoms with van der Waals surface area (Å²) in [5, 5.41) is 5.32. The van der Waals surface area contributed by atoms with E-state index in [-0.39, 0.29) is 0 Å². The lowest BCUT2D eigenvalue weighted by atomic mass is 9.83. The van der Waals surface area contributed by atoms with Crippen molar-refractivity contribution in [1.29, 1.82) is 0 Å². The summed E-state index contributed by atoms with van der Waals surface area (Å²) in [5.74, 6) is 1.27. The fourth-order valence-electron chi connectivity index (χ4n) is 15.6. The highest BCUT2D eigenvalue weighted by molar-refractivity contribution is 5.86. The highest BCUT2D eigenvalue weighted by Crippen LogP contribution is 2.43. The zero-order valence-corrected chi connectivity index (χ0v) is 53.5. The van der Waals surface area contributed by atoms with E-state index in [0.717, 1.165) is 32.6 Å². The van der Waals surface area contributed by atoms with Crippen LogP contribution in [0.25, 0.3) is 99.8 Å². The zero-order chi connectivity index (χ0) is 60.9. The van der Waals surface area contributed by atoms with Crippen molar-refractivity contribution in [2.75, 3.05) is 0 Å². The van der Waals surface area contributed by atoms with E-state index in [1.807, 2.05) is 0 Å². The van der Waals surface area contributed by atoms with Gasteiger partial charge in [0.25, 0.3) is 0 Å². The summed E-state index contributed by atoms with van der Waals surface area (Å²) in [6, 6.07) is 76.4. The van der Waals surface area contributed by atoms with Crippen LogP contribution in [-0.4, -0.2) is 0 Å². The van der Waals surface area contributed by atoms with Crippen LogP contribution >= 0.6 is 0 Å². The summed E-state index contributed by atoms with van der Waals surface area (Å²) in [4.78, 5) is 0. The van der Waals surface area contributed by atoms with Gasteiger partial charge in [-0.3, -0.25) is 0 Å². The van der Waals surface area contributed by atoms with Gasteiger partial charge in [-0.25, -0.2) is 0 Å². The van der Waals surface area contributed by atoms with Crippen LogP contribution in [0.5, 0.6) is 0 Å². The third kappa shape index (κ3) is 9.93. The van der Waals surface area contributed by atoms with Crippen molar-refractivity contribution in [2.45, 2.75) is 121 Å². The molecule has 4 nitrogen and oxygen atoms in total. The summed E-state index contributed by atoms with van der Waals surface area (Å²) < 4.78 is 9.95. The van der Waals surface area contributed by atoms with Gasteiger partial charge in [0.05, 0.1) is 22.3 Å². The van der Waals surface area contributed by atoms with Crippen molar-refractivity contribution in [3.63, 3.8) is 0 Å². The number of benzene rings is 9. The van der Waals surface area contributed by atoms with Gasteiger partial charge in [-0.1, -0.05) is 125 Å². The molecule has 0 bridgehead atoms. The molecule has 0 fully saturated rings. The molecule has 1 aliphatic carbocycles. The van der Waals surface area contributed by atoms with Gasteiger partial charge in [0.15, 0.2) is 26.2 Å². The van der Waals surface area contributed by atoms with Crippen molar-refractivity contribution < 1.29 is 18.3 Å². The minimum absolute atomic E-state index is 0.564. The smallest absolute Gasteiger partial charge is 0.187 e. The molecular weight excluding hydrogens is 1080 g/mol. The Balaban J connectivity index is 0.0000000996. The first-order chi connectivity index (χ1) is 43.2. The van der Waals surface area contributed by atoms with Gasteiger partial charge < -0.3 is 0 Å². The quantitative estimate of drug-likeness (QED) is 0.156. The number of aromatic nitrogens is 4. The van der Waals surface area contributed by atoms with E-state index in [4.69, 9.17) is 0 Å². The maximum atomic E-state index is 2.55. The topological polar surface area (TPSA) is 15.5 Å². The molecule has 5 aliphatic rings.